The van der Waals surface area contributed by atoms with Crippen LogP contribution < -0.4 is 5.32 Å². The summed E-state index contributed by atoms with van der Waals surface area (Å²) in [5, 5.41) is 2.69. The first kappa shape index (κ1) is 17.7. The van der Waals surface area contributed by atoms with Crippen molar-refractivity contribution in [1.82, 2.24) is 0 Å². The molecule has 2 aromatic carbocycles. The number of anilines is 1. The molecule has 0 aliphatic heterocycles. The molecule has 0 spiro atoms. The molecule has 0 aromatic heterocycles. The van der Waals surface area contributed by atoms with E-state index in [4.69, 9.17) is 4.74 Å². The van der Waals surface area contributed by atoms with Crippen LogP contribution in [0.4, 0.5) is 10.1 Å². The van der Waals surface area contributed by atoms with Gasteiger partial charge in [0.2, 0.25) is 0 Å². The van der Waals surface area contributed by atoms with Crippen molar-refractivity contribution >= 4 is 35.4 Å². The lowest BCUT2D eigenvalue weighted by Crippen LogP contribution is -2.20. The van der Waals surface area contributed by atoms with Gasteiger partial charge in [-0.15, -0.1) is 11.8 Å². The number of hydrogen-bond acceptors (Lipinski definition) is 4. The number of carbonyl (C=O) groups excluding carboxylic acids is 2. The minimum atomic E-state index is -0.646. The summed E-state index contributed by atoms with van der Waals surface area (Å²) in [4.78, 5) is 24.4. The van der Waals surface area contributed by atoms with Gasteiger partial charge in [-0.3, -0.25) is 4.79 Å². The van der Waals surface area contributed by atoms with Crippen molar-refractivity contribution in [2.24, 2.45) is 0 Å². The second-order valence-corrected chi connectivity index (χ2v) is 5.59. The fourth-order valence-corrected chi connectivity index (χ4v) is 2.41. The van der Waals surface area contributed by atoms with E-state index in [0.717, 1.165) is 4.90 Å². The van der Waals surface area contributed by atoms with Gasteiger partial charge in [-0.2, -0.15) is 0 Å². The second-order valence-electron chi connectivity index (χ2n) is 4.74. The largest absolute Gasteiger partial charge is 0.452 e. The molecule has 6 heteroatoms. The SMILES string of the molecule is CSc1ccccc1NC(=O)COC(=O)C=Cc1ccc(F)cc1. The van der Waals surface area contributed by atoms with Crippen LogP contribution in [0.3, 0.4) is 0 Å². The number of amides is 1. The van der Waals surface area contributed by atoms with Crippen LogP contribution in [-0.4, -0.2) is 24.7 Å². The molecule has 0 saturated heterocycles. The molecule has 0 radical (unpaired) electrons. The van der Waals surface area contributed by atoms with E-state index in [1.54, 1.807) is 6.07 Å². The molecule has 2 rings (SSSR count). The average molecular weight is 345 g/mol. The number of carbonyl (C=O) groups is 2. The summed E-state index contributed by atoms with van der Waals surface area (Å²) < 4.78 is 17.6. The van der Waals surface area contributed by atoms with Gasteiger partial charge in [-0.25, -0.2) is 9.18 Å². The quantitative estimate of drug-likeness (QED) is 0.492. The predicted octanol–water partition coefficient (Wildman–Crippen LogP) is 3.74. The van der Waals surface area contributed by atoms with E-state index in [0.29, 0.717) is 11.3 Å². The highest BCUT2D eigenvalue weighted by atomic mass is 32.2. The molecule has 2 aromatic rings. The lowest BCUT2D eigenvalue weighted by molar-refractivity contribution is -0.142. The van der Waals surface area contributed by atoms with Crippen molar-refractivity contribution < 1.29 is 18.7 Å². The van der Waals surface area contributed by atoms with Gasteiger partial charge in [-0.1, -0.05) is 24.3 Å². The standard InChI is InChI=1S/C18H16FNO3S/c1-24-16-5-3-2-4-15(16)20-17(21)12-23-18(22)11-8-13-6-9-14(19)10-7-13/h2-11H,12H2,1H3,(H,20,21). The zero-order valence-corrected chi connectivity index (χ0v) is 13.8. The van der Waals surface area contributed by atoms with Gasteiger partial charge >= 0.3 is 5.97 Å². The van der Waals surface area contributed by atoms with E-state index in [9.17, 15) is 14.0 Å². The number of halogens is 1. The molecule has 0 bridgehead atoms. The minimum absolute atomic E-state index is 0.350. The highest BCUT2D eigenvalue weighted by molar-refractivity contribution is 7.98. The molecule has 0 aliphatic carbocycles. The van der Waals surface area contributed by atoms with Crippen LogP contribution in [0.2, 0.25) is 0 Å². The fourth-order valence-electron chi connectivity index (χ4n) is 1.86. The molecule has 0 saturated carbocycles. The average Bonchev–Trinajstić information content (AvgIpc) is 2.60. The van der Waals surface area contributed by atoms with Crippen LogP contribution in [0.25, 0.3) is 6.08 Å². The van der Waals surface area contributed by atoms with E-state index in [1.165, 1.54) is 48.2 Å². The normalized spacial score (nSPS) is 10.6. The highest BCUT2D eigenvalue weighted by Crippen LogP contribution is 2.24. The maximum absolute atomic E-state index is 12.8. The number of nitrogens with one attached hydrogen (secondary N) is 1. The monoisotopic (exact) mass is 345 g/mol. The Labute approximate surface area is 143 Å². The minimum Gasteiger partial charge on any atom is -0.452 e. The first-order chi connectivity index (χ1) is 11.6. The maximum Gasteiger partial charge on any atom is 0.331 e. The van der Waals surface area contributed by atoms with Crippen molar-refractivity contribution in [3.8, 4) is 0 Å². The molecule has 24 heavy (non-hydrogen) atoms. The Morgan fingerprint density at radius 1 is 1.17 bits per heavy atom. The van der Waals surface area contributed by atoms with Gasteiger partial charge < -0.3 is 10.1 Å². The molecule has 0 aliphatic rings. The number of thioether (sulfide) groups is 1. The van der Waals surface area contributed by atoms with E-state index >= 15 is 0 Å². The third kappa shape index (κ3) is 5.55. The molecule has 0 atom stereocenters. The third-order valence-electron chi connectivity index (χ3n) is 3.01. The van der Waals surface area contributed by atoms with Gasteiger partial charge in [-0.05, 0) is 42.2 Å². The Hall–Kier alpha value is -2.60. The first-order valence-corrected chi connectivity index (χ1v) is 8.34. The van der Waals surface area contributed by atoms with Crippen LogP contribution in [0, 0.1) is 5.82 Å². The number of rotatable bonds is 6. The lowest BCUT2D eigenvalue weighted by atomic mass is 10.2. The number of hydrogen-bond donors (Lipinski definition) is 1. The molecular weight excluding hydrogens is 329 g/mol. The number of ether oxygens (including phenoxy) is 1. The van der Waals surface area contributed by atoms with Gasteiger partial charge in [0, 0.05) is 11.0 Å². The third-order valence-corrected chi connectivity index (χ3v) is 3.80. The lowest BCUT2D eigenvalue weighted by Gasteiger charge is -2.08. The smallest absolute Gasteiger partial charge is 0.331 e. The van der Waals surface area contributed by atoms with Gasteiger partial charge in [0.25, 0.3) is 5.91 Å². The Morgan fingerprint density at radius 2 is 1.88 bits per heavy atom. The highest BCUT2D eigenvalue weighted by Gasteiger charge is 2.08. The molecule has 4 nitrogen and oxygen atoms in total. The zero-order chi connectivity index (χ0) is 17.4. The van der Waals surface area contributed by atoms with Crippen LogP contribution in [0.5, 0.6) is 0 Å². The van der Waals surface area contributed by atoms with Crippen molar-refractivity contribution in [3.63, 3.8) is 0 Å². The molecule has 1 amide bonds. The summed E-state index contributed by atoms with van der Waals surface area (Å²) in [6.07, 6.45) is 4.59. The second kappa shape index (κ2) is 8.88. The van der Waals surface area contributed by atoms with Crippen LogP contribution in [0.15, 0.2) is 59.5 Å². The number of benzene rings is 2. The molecule has 0 heterocycles. The van der Waals surface area contributed by atoms with Crippen LogP contribution in [0.1, 0.15) is 5.56 Å². The molecule has 0 unspecified atom stereocenters. The summed E-state index contributed by atoms with van der Waals surface area (Å²) in [5.41, 5.74) is 1.33. The van der Waals surface area contributed by atoms with Gasteiger partial charge in [0.15, 0.2) is 6.61 Å². The van der Waals surface area contributed by atoms with Crippen molar-refractivity contribution in [1.29, 1.82) is 0 Å². The van der Waals surface area contributed by atoms with Crippen molar-refractivity contribution in [2.45, 2.75) is 4.90 Å². The molecule has 0 fully saturated rings. The number of para-hydroxylation sites is 1. The summed E-state index contributed by atoms with van der Waals surface area (Å²) in [6, 6.07) is 13.0. The maximum atomic E-state index is 12.8. The first-order valence-electron chi connectivity index (χ1n) is 7.12. The molecular formula is C18H16FNO3S. The van der Waals surface area contributed by atoms with Gasteiger partial charge in [0.05, 0.1) is 5.69 Å². The summed E-state index contributed by atoms with van der Waals surface area (Å²) in [7, 11) is 0. The summed E-state index contributed by atoms with van der Waals surface area (Å²) in [6.45, 7) is -0.380. The van der Waals surface area contributed by atoms with E-state index in [-0.39, 0.29) is 12.4 Å². The Balaban J connectivity index is 1.82. The zero-order valence-electron chi connectivity index (χ0n) is 13.0. The van der Waals surface area contributed by atoms with E-state index in [2.05, 4.69) is 5.32 Å². The summed E-state index contributed by atoms with van der Waals surface area (Å²) in [5.74, 6) is -1.41. The van der Waals surface area contributed by atoms with Crippen molar-refractivity contribution in [3.05, 3.63) is 66.0 Å². The van der Waals surface area contributed by atoms with Crippen LogP contribution in [-0.2, 0) is 14.3 Å². The summed E-state index contributed by atoms with van der Waals surface area (Å²) >= 11 is 1.51. The Kier molecular flexibility index (Phi) is 6.57. The molecule has 1 N–H and O–H groups in total. The van der Waals surface area contributed by atoms with Gasteiger partial charge in [0.1, 0.15) is 5.82 Å². The predicted molar refractivity (Wildman–Crippen MR) is 93.2 cm³/mol. The number of esters is 1. The van der Waals surface area contributed by atoms with E-state index in [1.807, 2.05) is 24.5 Å². The fraction of sp³-hybridized carbons (Fsp3) is 0.111. The van der Waals surface area contributed by atoms with Crippen molar-refractivity contribution in [2.75, 3.05) is 18.2 Å². The Morgan fingerprint density at radius 3 is 2.58 bits per heavy atom. The topological polar surface area (TPSA) is 55.4 Å². The Bertz CT molecular complexity index is 744. The van der Waals surface area contributed by atoms with Crippen LogP contribution >= 0.6 is 11.8 Å². The molecule has 124 valence electrons. The van der Waals surface area contributed by atoms with E-state index < -0.39 is 11.9 Å².